The van der Waals surface area contributed by atoms with Crippen molar-refractivity contribution in [3.8, 4) is 0 Å². The number of nitrogens with zero attached hydrogens (tertiary/aromatic N) is 2. The SMILES string of the molecule is Cn1c(=NC(=O)CCCSc2ccccc2)sc2cc(F)ccc21. The molecule has 0 unspecified atom stereocenters. The first-order valence-corrected chi connectivity index (χ1v) is 9.44. The predicted octanol–water partition coefficient (Wildman–Crippen LogP) is 4.38. The average Bonchev–Trinajstić information content (AvgIpc) is 2.88. The maximum absolute atomic E-state index is 13.3. The van der Waals surface area contributed by atoms with E-state index in [1.165, 1.54) is 28.4 Å². The lowest BCUT2D eigenvalue weighted by Gasteiger charge is -1.99. The highest BCUT2D eigenvalue weighted by Gasteiger charge is 2.06. The second kappa shape index (κ2) is 7.77. The first-order chi connectivity index (χ1) is 11.6. The van der Waals surface area contributed by atoms with Gasteiger partial charge < -0.3 is 4.57 Å². The zero-order valence-corrected chi connectivity index (χ0v) is 14.9. The average molecular weight is 360 g/mol. The van der Waals surface area contributed by atoms with E-state index in [2.05, 4.69) is 17.1 Å². The normalized spacial score (nSPS) is 12.0. The molecule has 1 amide bonds. The molecule has 0 atom stereocenters. The van der Waals surface area contributed by atoms with Gasteiger partial charge in [0.2, 0.25) is 5.91 Å². The third-order valence-corrected chi connectivity index (χ3v) is 5.73. The zero-order chi connectivity index (χ0) is 16.9. The standard InChI is InChI=1S/C18H17FN2OS2/c1-21-15-10-9-13(19)12-16(15)24-18(21)20-17(22)8-5-11-23-14-6-3-2-4-7-14/h2-4,6-7,9-10,12H,5,8,11H2,1H3. The van der Waals surface area contributed by atoms with Gasteiger partial charge >= 0.3 is 0 Å². The number of thiazole rings is 1. The van der Waals surface area contributed by atoms with Crippen LogP contribution in [0.15, 0.2) is 58.4 Å². The summed E-state index contributed by atoms with van der Waals surface area (Å²) in [6, 6.07) is 14.7. The molecule has 0 fully saturated rings. The van der Waals surface area contributed by atoms with Crippen molar-refractivity contribution in [2.24, 2.45) is 12.0 Å². The van der Waals surface area contributed by atoms with Crippen molar-refractivity contribution in [3.05, 3.63) is 59.1 Å². The van der Waals surface area contributed by atoms with Crippen molar-refractivity contribution in [1.29, 1.82) is 0 Å². The molecule has 0 aliphatic heterocycles. The van der Waals surface area contributed by atoms with Gasteiger partial charge in [0.25, 0.3) is 0 Å². The van der Waals surface area contributed by atoms with Gasteiger partial charge in [-0.15, -0.1) is 11.8 Å². The first-order valence-electron chi connectivity index (χ1n) is 7.64. The van der Waals surface area contributed by atoms with Crippen LogP contribution in [0.4, 0.5) is 4.39 Å². The number of thioether (sulfide) groups is 1. The van der Waals surface area contributed by atoms with Gasteiger partial charge in [0.1, 0.15) is 5.82 Å². The fourth-order valence-corrected chi connectivity index (χ4v) is 4.24. The molecule has 1 heterocycles. The molecule has 0 spiro atoms. The van der Waals surface area contributed by atoms with Crippen LogP contribution in [0.25, 0.3) is 10.2 Å². The summed E-state index contributed by atoms with van der Waals surface area (Å²) in [6.45, 7) is 0. The maximum atomic E-state index is 13.3. The van der Waals surface area contributed by atoms with Crippen molar-refractivity contribution in [1.82, 2.24) is 4.57 Å². The van der Waals surface area contributed by atoms with E-state index in [9.17, 15) is 9.18 Å². The Balaban J connectivity index is 1.61. The van der Waals surface area contributed by atoms with E-state index in [0.717, 1.165) is 22.4 Å². The van der Waals surface area contributed by atoms with Crippen LogP contribution in [0.5, 0.6) is 0 Å². The van der Waals surface area contributed by atoms with Crippen LogP contribution in [0.3, 0.4) is 0 Å². The van der Waals surface area contributed by atoms with Gasteiger partial charge in [0, 0.05) is 18.4 Å². The molecule has 3 rings (SSSR count). The number of hydrogen-bond acceptors (Lipinski definition) is 3. The van der Waals surface area contributed by atoms with E-state index >= 15 is 0 Å². The summed E-state index contributed by atoms with van der Waals surface area (Å²) >= 11 is 3.07. The second-order valence-electron chi connectivity index (χ2n) is 5.33. The Bertz CT molecular complexity index is 916. The number of aryl methyl sites for hydroxylation is 1. The summed E-state index contributed by atoms with van der Waals surface area (Å²) in [6.07, 6.45) is 1.20. The number of amides is 1. The molecule has 3 nitrogen and oxygen atoms in total. The minimum Gasteiger partial charge on any atom is -0.319 e. The first kappa shape index (κ1) is 16.9. The van der Waals surface area contributed by atoms with Gasteiger partial charge in [0.15, 0.2) is 4.80 Å². The molecule has 0 aliphatic carbocycles. The molecule has 3 aromatic rings. The maximum Gasteiger partial charge on any atom is 0.248 e. The van der Waals surface area contributed by atoms with Gasteiger partial charge in [-0.3, -0.25) is 4.79 Å². The van der Waals surface area contributed by atoms with E-state index in [1.807, 2.05) is 29.8 Å². The second-order valence-corrected chi connectivity index (χ2v) is 7.50. The summed E-state index contributed by atoms with van der Waals surface area (Å²) in [5.41, 5.74) is 0.882. The fourth-order valence-electron chi connectivity index (χ4n) is 2.31. The fraction of sp³-hybridized carbons (Fsp3) is 0.222. The number of halogens is 1. The third-order valence-electron chi connectivity index (χ3n) is 3.54. The van der Waals surface area contributed by atoms with Crippen LogP contribution in [0.2, 0.25) is 0 Å². The summed E-state index contributed by atoms with van der Waals surface area (Å²) in [4.78, 5) is 18.1. The molecule has 6 heteroatoms. The molecule has 124 valence electrons. The highest BCUT2D eigenvalue weighted by molar-refractivity contribution is 7.99. The van der Waals surface area contributed by atoms with Crippen LogP contribution >= 0.6 is 23.1 Å². The van der Waals surface area contributed by atoms with Crippen LogP contribution in [-0.4, -0.2) is 16.2 Å². The zero-order valence-electron chi connectivity index (χ0n) is 13.2. The van der Waals surface area contributed by atoms with E-state index < -0.39 is 0 Å². The van der Waals surface area contributed by atoms with E-state index in [1.54, 1.807) is 17.8 Å². The molecular weight excluding hydrogens is 343 g/mol. The molecule has 1 aromatic heterocycles. The Morgan fingerprint density at radius 2 is 2.04 bits per heavy atom. The van der Waals surface area contributed by atoms with Crippen molar-refractivity contribution < 1.29 is 9.18 Å². The number of aromatic nitrogens is 1. The summed E-state index contributed by atoms with van der Waals surface area (Å²) in [5.74, 6) is 0.473. The molecule has 2 aromatic carbocycles. The smallest absolute Gasteiger partial charge is 0.248 e. The van der Waals surface area contributed by atoms with Crippen LogP contribution < -0.4 is 4.80 Å². The van der Waals surface area contributed by atoms with Crippen molar-refractivity contribution >= 4 is 39.2 Å². The molecule has 0 N–H and O–H groups in total. The van der Waals surface area contributed by atoms with Gasteiger partial charge in [-0.05, 0) is 42.5 Å². The number of hydrogen-bond donors (Lipinski definition) is 0. The lowest BCUT2D eigenvalue weighted by atomic mass is 10.3. The highest BCUT2D eigenvalue weighted by Crippen LogP contribution is 2.19. The third kappa shape index (κ3) is 4.13. The lowest BCUT2D eigenvalue weighted by molar-refractivity contribution is -0.118. The van der Waals surface area contributed by atoms with Crippen molar-refractivity contribution in [3.63, 3.8) is 0 Å². The minimum absolute atomic E-state index is 0.133. The number of benzene rings is 2. The number of fused-ring (bicyclic) bond motifs is 1. The number of carbonyl (C=O) groups excluding carboxylic acids is 1. The minimum atomic E-state index is -0.278. The van der Waals surface area contributed by atoms with Crippen LogP contribution in [0.1, 0.15) is 12.8 Å². The van der Waals surface area contributed by atoms with Gasteiger partial charge in [-0.2, -0.15) is 4.99 Å². The Morgan fingerprint density at radius 3 is 2.83 bits per heavy atom. The van der Waals surface area contributed by atoms with E-state index in [0.29, 0.717) is 11.2 Å². The lowest BCUT2D eigenvalue weighted by Crippen LogP contribution is -2.13. The molecule has 0 bridgehead atoms. The van der Waals surface area contributed by atoms with E-state index in [4.69, 9.17) is 0 Å². The Labute approximate surface area is 147 Å². The summed E-state index contributed by atoms with van der Waals surface area (Å²) in [5, 5.41) is 0. The molecule has 0 radical (unpaired) electrons. The van der Waals surface area contributed by atoms with Crippen LogP contribution in [-0.2, 0) is 11.8 Å². The van der Waals surface area contributed by atoms with Gasteiger partial charge in [-0.1, -0.05) is 29.5 Å². The van der Waals surface area contributed by atoms with Crippen molar-refractivity contribution in [2.75, 3.05) is 5.75 Å². The molecular formula is C18H17FN2OS2. The topological polar surface area (TPSA) is 34.4 Å². The van der Waals surface area contributed by atoms with Crippen LogP contribution in [0, 0.1) is 5.82 Å². The Kier molecular flexibility index (Phi) is 5.48. The van der Waals surface area contributed by atoms with E-state index in [-0.39, 0.29) is 11.7 Å². The predicted molar refractivity (Wildman–Crippen MR) is 97.7 cm³/mol. The van der Waals surface area contributed by atoms with Gasteiger partial charge in [0.05, 0.1) is 10.2 Å². The summed E-state index contributed by atoms with van der Waals surface area (Å²) in [7, 11) is 1.84. The summed E-state index contributed by atoms with van der Waals surface area (Å²) < 4.78 is 15.9. The largest absolute Gasteiger partial charge is 0.319 e. The number of carbonyl (C=O) groups is 1. The molecule has 24 heavy (non-hydrogen) atoms. The van der Waals surface area contributed by atoms with Crippen molar-refractivity contribution in [2.45, 2.75) is 17.7 Å². The van der Waals surface area contributed by atoms with Gasteiger partial charge in [-0.25, -0.2) is 4.39 Å². The molecule has 0 saturated carbocycles. The Morgan fingerprint density at radius 1 is 1.25 bits per heavy atom. The Hall–Kier alpha value is -1.92. The highest BCUT2D eigenvalue weighted by atomic mass is 32.2. The molecule has 0 aliphatic rings. The molecule has 0 saturated heterocycles. The quantitative estimate of drug-likeness (QED) is 0.500. The number of rotatable bonds is 5. The monoisotopic (exact) mass is 360 g/mol.